The largest absolute Gasteiger partial charge is 0.504 e. The van der Waals surface area contributed by atoms with Crippen molar-refractivity contribution in [3.63, 3.8) is 0 Å². The summed E-state index contributed by atoms with van der Waals surface area (Å²) in [6, 6.07) is 6.65. The third kappa shape index (κ3) is 3.59. The number of benzene rings is 1. The van der Waals surface area contributed by atoms with E-state index in [1.165, 1.54) is 6.21 Å². The number of ether oxygens (including phenoxy) is 1. The Morgan fingerprint density at radius 3 is 3.05 bits per heavy atom. The van der Waals surface area contributed by atoms with Gasteiger partial charge >= 0.3 is 0 Å². The van der Waals surface area contributed by atoms with Crippen LogP contribution in [-0.2, 0) is 0 Å². The number of carbonyl (C=O) groups is 1. The maximum absolute atomic E-state index is 11.7. The molecule has 21 heavy (non-hydrogen) atoms. The number of aromatic nitrogens is 2. The second-order valence-corrected chi connectivity index (χ2v) is 4.26. The lowest BCUT2D eigenvalue weighted by molar-refractivity contribution is 0.0950. The summed E-state index contributed by atoms with van der Waals surface area (Å²) in [6.07, 6.45) is 1.34. The fourth-order valence-electron chi connectivity index (χ4n) is 1.67. The molecule has 1 amide bonds. The molecule has 3 N–H and O–H groups in total. The number of amides is 1. The standard InChI is InChI=1S/C14H16N4O3/c1-3-21-12-6-4-5-10(13(12)19)8-15-18-14(20)11-7-9(2)16-17-11/h4-8,19H,3H2,1-2H3,(H,16,17)(H,18,20). The van der Waals surface area contributed by atoms with Gasteiger partial charge in [0.2, 0.25) is 0 Å². The van der Waals surface area contributed by atoms with E-state index in [9.17, 15) is 9.90 Å². The first-order valence-corrected chi connectivity index (χ1v) is 6.42. The highest BCUT2D eigenvalue weighted by molar-refractivity contribution is 5.93. The van der Waals surface area contributed by atoms with Crippen molar-refractivity contribution in [2.75, 3.05) is 6.61 Å². The Hall–Kier alpha value is -2.83. The molecule has 0 radical (unpaired) electrons. The van der Waals surface area contributed by atoms with Crippen LogP contribution in [0.1, 0.15) is 28.7 Å². The maximum Gasteiger partial charge on any atom is 0.291 e. The van der Waals surface area contributed by atoms with Crippen LogP contribution in [0.3, 0.4) is 0 Å². The zero-order valence-electron chi connectivity index (χ0n) is 11.8. The van der Waals surface area contributed by atoms with Crippen molar-refractivity contribution in [3.8, 4) is 11.5 Å². The molecule has 0 saturated carbocycles. The van der Waals surface area contributed by atoms with E-state index in [4.69, 9.17) is 4.74 Å². The Bertz CT molecular complexity index is 664. The SMILES string of the molecule is CCOc1cccc(C=NNC(=O)c2cc(C)[nH]n2)c1O. The summed E-state index contributed by atoms with van der Waals surface area (Å²) in [6.45, 7) is 4.07. The van der Waals surface area contributed by atoms with Gasteiger partial charge in [-0.25, -0.2) is 5.43 Å². The Kier molecular flexibility index (Phi) is 4.55. The number of carbonyl (C=O) groups excluding carboxylic acids is 1. The zero-order valence-corrected chi connectivity index (χ0v) is 11.8. The Morgan fingerprint density at radius 2 is 2.38 bits per heavy atom. The lowest BCUT2D eigenvalue weighted by Crippen LogP contribution is -2.18. The molecule has 7 nitrogen and oxygen atoms in total. The van der Waals surface area contributed by atoms with Crippen LogP contribution in [0.5, 0.6) is 11.5 Å². The van der Waals surface area contributed by atoms with E-state index in [1.54, 1.807) is 31.2 Å². The van der Waals surface area contributed by atoms with Crippen molar-refractivity contribution < 1.29 is 14.6 Å². The van der Waals surface area contributed by atoms with Gasteiger partial charge in [0.15, 0.2) is 17.2 Å². The molecule has 0 atom stereocenters. The summed E-state index contributed by atoms with van der Waals surface area (Å²) in [5.41, 5.74) is 3.81. The van der Waals surface area contributed by atoms with Crippen LogP contribution in [0, 0.1) is 6.92 Å². The number of hydrogen-bond acceptors (Lipinski definition) is 5. The highest BCUT2D eigenvalue weighted by Crippen LogP contribution is 2.28. The number of hydrazone groups is 1. The molecule has 0 aliphatic carbocycles. The number of nitrogens with zero attached hydrogens (tertiary/aromatic N) is 2. The normalized spacial score (nSPS) is 10.8. The molecule has 7 heteroatoms. The molecular formula is C14H16N4O3. The number of rotatable bonds is 5. The highest BCUT2D eigenvalue weighted by Gasteiger charge is 2.08. The van der Waals surface area contributed by atoms with Crippen molar-refractivity contribution >= 4 is 12.1 Å². The summed E-state index contributed by atoms with van der Waals surface area (Å²) in [5.74, 6) is -0.0836. The van der Waals surface area contributed by atoms with Crippen molar-refractivity contribution in [2.45, 2.75) is 13.8 Å². The number of hydrogen-bond donors (Lipinski definition) is 3. The first kappa shape index (κ1) is 14.6. The van der Waals surface area contributed by atoms with Crippen LogP contribution in [-0.4, -0.2) is 34.0 Å². The van der Waals surface area contributed by atoms with Gasteiger partial charge in [-0.05, 0) is 32.0 Å². The van der Waals surface area contributed by atoms with Crippen LogP contribution in [0.2, 0.25) is 0 Å². The quantitative estimate of drug-likeness (QED) is 0.574. The average Bonchev–Trinajstić information content (AvgIpc) is 2.89. The first-order valence-electron chi connectivity index (χ1n) is 6.42. The van der Waals surface area contributed by atoms with Crippen molar-refractivity contribution in [1.29, 1.82) is 0 Å². The topological polar surface area (TPSA) is 99.6 Å². The number of nitrogens with one attached hydrogen (secondary N) is 2. The van der Waals surface area contributed by atoms with Gasteiger partial charge in [0.25, 0.3) is 5.91 Å². The van der Waals surface area contributed by atoms with Crippen molar-refractivity contribution in [2.24, 2.45) is 5.10 Å². The number of phenolic OH excluding ortho intramolecular Hbond substituents is 1. The van der Waals surface area contributed by atoms with Gasteiger partial charge in [0.05, 0.1) is 12.8 Å². The van der Waals surface area contributed by atoms with E-state index < -0.39 is 5.91 Å². The monoisotopic (exact) mass is 288 g/mol. The van der Waals surface area contributed by atoms with Crippen LogP contribution in [0.15, 0.2) is 29.4 Å². The summed E-state index contributed by atoms with van der Waals surface area (Å²) >= 11 is 0. The number of phenols is 1. The number of aromatic hydroxyl groups is 1. The lowest BCUT2D eigenvalue weighted by atomic mass is 10.2. The summed E-state index contributed by atoms with van der Waals surface area (Å²) in [5, 5.41) is 20.2. The average molecular weight is 288 g/mol. The predicted molar refractivity (Wildman–Crippen MR) is 77.7 cm³/mol. The molecule has 0 aliphatic rings. The number of aromatic amines is 1. The molecule has 0 saturated heterocycles. The highest BCUT2D eigenvalue weighted by atomic mass is 16.5. The first-order chi connectivity index (χ1) is 10.1. The molecule has 1 heterocycles. The lowest BCUT2D eigenvalue weighted by Gasteiger charge is -2.06. The van der Waals surface area contributed by atoms with Crippen LogP contribution < -0.4 is 10.2 Å². The van der Waals surface area contributed by atoms with Crippen molar-refractivity contribution in [1.82, 2.24) is 15.6 Å². The van der Waals surface area contributed by atoms with E-state index in [1.807, 2.05) is 6.92 Å². The minimum Gasteiger partial charge on any atom is -0.504 e. The second kappa shape index (κ2) is 6.56. The van der Waals surface area contributed by atoms with Gasteiger partial charge < -0.3 is 9.84 Å². The maximum atomic E-state index is 11.7. The van der Waals surface area contributed by atoms with Gasteiger partial charge in [-0.3, -0.25) is 9.89 Å². The summed E-state index contributed by atoms with van der Waals surface area (Å²) in [7, 11) is 0. The molecule has 0 unspecified atom stereocenters. The fourth-order valence-corrected chi connectivity index (χ4v) is 1.67. The molecule has 110 valence electrons. The van der Waals surface area contributed by atoms with Gasteiger partial charge in [-0.2, -0.15) is 10.2 Å². The predicted octanol–water partition coefficient (Wildman–Crippen LogP) is 1.59. The fraction of sp³-hybridized carbons (Fsp3) is 0.214. The minimum atomic E-state index is -0.434. The van der Waals surface area contributed by atoms with E-state index >= 15 is 0 Å². The minimum absolute atomic E-state index is 0.0204. The van der Waals surface area contributed by atoms with E-state index in [0.29, 0.717) is 17.9 Å². The molecule has 0 fully saturated rings. The number of aryl methyl sites for hydroxylation is 1. The molecular weight excluding hydrogens is 272 g/mol. The van der Waals surface area contributed by atoms with Gasteiger partial charge in [0.1, 0.15) is 0 Å². The molecule has 0 aliphatic heterocycles. The molecule has 0 bridgehead atoms. The van der Waals surface area contributed by atoms with Gasteiger partial charge in [-0.1, -0.05) is 6.07 Å². The number of H-pyrrole nitrogens is 1. The summed E-state index contributed by atoms with van der Waals surface area (Å²) < 4.78 is 5.26. The Balaban J connectivity index is 2.04. The van der Waals surface area contributed by atoms with Gasteiger partial charge in [-0.15, -0.1) is 0 Å². The van der Waals surface area contributed by atoms with E-state index in [2.05, 4.69) is 20.7 Å². The summed E-state index contributed by atoms with van der Waals surface area (Å²) in [4.78, 5) is 11.7. The van der Waals surface area contributed by atoms with Crippen LogP contribution >= 0.6 is 0 Å². The van der Waals surface area contributed by atoms with Crippen LogP contribution in [0.25, 0.3) is 0 Å². The molecule has 1 aromatic carbocycles. The molecule has 1 aromatic heterocycles. The smallest absolute Gasteiger partial charge is 0.291 e. The zero-order chi connectivity index (χ0) is 15.2. The molecule has 0 spiro atoms. The third-order valence-corrected chi connectivity index (χ3v) is 2.64. The number of para-hydroxylation sites is 1. The van der Waals surface area contributed by atoms with Crippen LogP contribution in [0.4, 0.5) is 0 Å². The molecule has 2 aromatic rings. The Morgan fingerprint density at radius 1 is 1.57 bits per heavy atom. The third-order valence-electron chi connectivity index (χ3n) is 2.64. The Labute approximate surface area is 121 Å². The van der Waals surface area contributed by atoms with Gasteiger partial charge in [0, 0.05) is 11.3 Å². The van der Waals surface area contributed by atoms with E-state index in [-0.39, 0.29) is 11.4 Å². The second-order valence-electron chi connectivity index (χ2n) is 4.26. The molecule has 2 rings (SSSR count). The van der Waals surface area contributed by atoms with E-state index in [0.717, 1.165) is 5.69 Å². The van der Waals surface area contributed by atoms with Crippen molar-refractivity contribution in [3.05, 3.63) is 41.2 Å².